The van der Waals surface area contributed by atoms with E-state index in [0.717, 1.165) is 43.5 Å². The second-order valence-corrected chi connectivity index (χ2v) is 8.28. The molecule has 0 aliphatic heterocycles. The van der Waals surface area contributed by atoms with Crippen LogP contribution < -0.4 is 10.5 Å². The van der Waals surface area contributed by atoms with Gasteiger partial charge in [-0.25, -0.2) is 0 Å². The zero-order chi connectivity index (χ0) is 20.1. The molecule has 0 N–H and O–H groups in total. The van der Waals surface area contributed by atoms with Gasteiger partial charge in [-0.05, 0) is 61.8 Å². The second-order valence-electron chi connectivity index (χ2n) is 8.28. The van der Waals surface area contributed by atoms with Crippen molar-refractivity contribution in [1.29, 1.82) is 0 Å². The first-order valence-electron chi connectivity index (χ1n) is 10.6. The Balaban J connectivity index is 2.05. The van der Waals surface area contributed by atoms with E-state index in [-0.39, 0.29) is 11.5 Å². The van der Waals surface area contributed by atoms with Crippen LogP contribution in [0, 0.1) is 5.92 Å². The molecule has 1 amide bonds. The van der Waals surface area contributed by atoms with Gasteiger partial charge in [-0.15, -0.1) is 0 Å². The molecule has 3 rings (SSSR count). The van der Waals surface area contributed by atoms with Gasteiger partial charge in [0.05, 0.1) is 0 Å². The summed E-state index contributed by atoms with van der Waals surface area (Å²) in [6.07, 6.45) is 7.51. The van der Waals surface area contributed by atoms with Crippen LogP contribution >= 0.6 is 0 Å². The van der Waals surface area contributed by atoms with Crippen LogP contribution in [-0.2, 0) is 19.4 Å². The third-order valence-corrected chi connectivity index (χ3v) is 5.71. The van der Waals surface area contributed by atoms with Crippen molar-refractivity contribution in [3.63, 3.8) is 0 Å². The number of carbonyl (C=O) groups excluding carboxylic acids is 1. The van der Waals surface area contributed by atoms with E-state index in [0.29, 0.717) is 18.0 Å². The summed E-state index contributed by atoms with van der Waals surface area (Å²) in [5.74, 6) is 0.293. The van der Waals surface area contributed by atoms with Crippen molar-refractivity contribution in [3.05, 3.63) is 63.6 Å². The molecule has 1 aliphatic carbocycles. The molecule has 0 unspecified atom stereocenters. The van der Waals surface area contributed by atoms with Crippen LogP contribution in [-0.4, -0.2) is 17.5 Å². The number of nitrogens with zero attached hydrogens (tertiary/aromatic N) is 2. The summed E-state index contributed by atoms with van der Waals surface area (Å²) < 4.78 is 1.91. The Morgan fingerprint density at radius 3 is 2.43 bits per heavy atom. The number of aryl methyl sites for hydroxylation is 1. The number of hydrogen-bond acceptors (Lipinski definition) is 2. The summed E-state index contributed by atoms with van der Waals surface area (Å²) >= 11 is 0. The number of anilines is 1. The molecule has 1 aromatic carbocycles. The SMILES string of the molecule is CC(C)CCn1c2c(cc(C(=O)N(C)c3ccccc3)c1=O)CCCCCC2. The third-order valence-electron chi connectivity index (χ3n) is 5.71. The summed E-state index contributed by atoms with van der Waals surface area (Å²) in [5, 5.41) is 0. The number of benzene rings is 1. The molecule has 0 bridgehead atoms. The molecule has 1 aliphatic rings. The van der Waals surface area contributed by atoms with E-state index >= 15 is 0 Å². The Bertz CT molecular complexity index is 868. The normalized spacial score (nSPS) is 14.3. The second kappa shape index (κ2) is 9.22. The van der Waals surface area contributed by atoms with Crippen LogP contribution in [0.2, 0.25) is 0 Å². The quantitative estimate of drug-likeness (QED) is 0.745. The topological polar surface area (TPSA) is 42.3 Å². The Morgan fingerprint density at radius 1 is 1.07 bits per heavy atom. The number of carbonyl (C=O) groups is 1. The van der Waals surface area contributed by atoms with Gasteiger partial charge in [0.25, 0.3) is 11.5 Å². The van der Waals surface area contributed by atoms with Crippen LogP contribution in [0.1, 0.15) is 67.6 Å². The van der Waals surface area contributed by atoms with Crippen molar-refractivity contribution in [2.75, 3.05) is 11.9 Å². The molecule has 4 heteroatoms. The van der Waals surface area contributed by atoms with Crippen LogP contribution in [0.5, 0.6) is 0 Å². The lowest BCUT2D eigenvalue weighted by Gasteiger charge is -2.23. The first-order valence-corrected chi connectivity index (χ1v) is 10.6. The fourth-order valence-corrected chi connectivity index (χ4v) is 3.96. The summed E-state index contributed by atoms with van der Waals surface area (Å²) in [6, 6.07) is 11.4. The smallest absolute Gasteiger partial charge is 0.263 e. The Hall–Kier alpha value is -2.36. The molecule has 0 fully saturated rings. The number of fused-ring (bicyclic) bond motifs is 1. The summed E-state index contributed by atoms with van der Waals surface area (Å²) in [4.78, 5) is 28.1. The van der Waals surface area contributed by atoms with Gasteiger partial charge < -0.3 is 9.47 Å². The predicted octanol–water partition coefficient (Wildman–Crippen LogP) is 4.83. The molecule has 2 aromatic rings. The number of pyridine rings is 1. The van der Waals surface area contributed by atoms with E-state index in [2.05, 4.69) is 13.8 Å². The van der Waals surface area contributed by atoms with Gasteiger partial charge in [0.15, 0.2) is 0 Å². The van der Waals surface area contributed by atoms with Crippen LogP contribution in [0.3, 0.4) is 0 Å². The zero-order valence-electron chi connectivity index (χ0n) is 17.4. The van der Waals surface area contributed by atoms with Gasteiger partial charge in [-0.2, -0.15) is 0 Å². The number of aromatic nitrogens is 1. The maximum absolute atomic E-state index is 13.3. The van der Waals surface area contributed by atoms with E-state index < -0.39 is 0 Å². The van der Waals surface area contributed by atoms with Crippen LogP contribution in [0.15, 0.2) is 41.2 Å². The molecule has 0 saturated heterocycles. The molecule has 28 heavy (non-hydrogen) atoms. The maximum Gasteiger partial charge on any atom is 0.263 e. The zero-order valence-corrected chi connectivity index (χ0v) is 17.4. The predicted molar refractivity (Wildman–Crippen MR) is 115 cm³/mol. The molecule has 0 atom stereocenters. The highest BCUT2D eigenvalue weighted by Gasteiger charge is 2.23. The van der Waals surface area contributed by atoms with E-state index in [9.17, 15) is 9.59 Å². The fourth-order valence-electron chi connectivity index (χ4n) is 3.96. The van der Waals surface area contributed by atoms with Gasteiger partial charge in [-0.3, -0.25) is 9.59 Å². The third kappa shape index (κ3) is 4.54. The average molecular weight is 381 g/mol. The molecule has 1 aromatic heterocycles. The average Bonchev–Trinajstić information content (AvgIpc) is 2.67. The van der Waals surface area contributed by atoms with Crippen molar-refractivity contribution >= 4 is 11.6 Å². The first kappa shape index (κ1) is 20.4. The highest BCUT2D eigenvalue weighted by molar-refractivity contribution is 6.05. The van der Waals surface area contributed by atoms with E-state index in [1.165, 1.54) is 18.4 Å². The number of rotatable bonds is 5. The van der Waals surface area contributed by atoms with Gasteiger partial charge in [0.2, 0.25) is 0 Å². The Kier molecular flexibility index (Phi) is 6.71. The first-order chi connectivity index (χ1) is 13.5. The van der Waals surface area contributed by atoms with Crippen LogP contribution in [0.4, 0.5) is 5.69 Å². The van der Waals surface area contributed by atoms with Crippen molar-refractivity contribution < 1.29 is 4.79 Å². The molecule has 0 spiro atoms. The monoisotopic (exact) mass is 380 g/mol. The molecular formula is C24H32N2O2. The molecular weight excluding hydrogens is 348 g/mol. The number of amides is 1. The van der Waals surface area contributed by atoms with Crippen molar-refractivity contribution in [3.8, 4) is 0 Å². The van der Waals surface area contributed by atoms with Crippen LogP contribution in [0.25, 0.3) is 0 Å². The lowest BCUT2D eigenvalue weighted by molar-refractivity contribution is 0.0990. The van der Waals surface area contributed by atoms with Gasteiger partial charge in [0.1, 0.15) is 5.56 Å². The largest absolute Gasteiger partial charge is 0.312 e. The van der Waals surface area contributed by atoms with E-state index in [4.69, 9.17) is 0 Å². The summed E-state index contributed by atoms with van der Waals surface area (Å²) in [5.41, 5.74) is 3.31. The maximum atomic E-state index is 13.3. The van der Waals surface area contributed by atoms with Gasteiger partial charge >= 0.3 is 0 Å². The minimum absolute atomic E-state index is 0.132. The molecule has 4 nitrogen and oxygen atoms in total. The van der Waals surface area contributed by atoms with Crippen molar-refractivity contribution in [1.82, 2.24) is 4.57 Å². The van der Waals surface area contributed by atoms with Crippen molar-refractivity contribution in [2.45, 2.75) is 65.3 Å². The number of para-hydroxylation sites is 1. The van der Waals surface area contributed by atoms with Crippen molar-refractivity contribution in [2.24, 2.45) is 5.92 Å². The lowest BCUT2D eigenvalue weighted by atomic mass is 9.95. The molecule has 0 saturated carbocycles. The number of hydrogen-bond donors (Lipinski definition) is 0. The minimum Gasteiger partial charge on any atom is -0.312 e. The summed E-state index contributed by atoms with van der Waals surface area (Å²) in [7, 11) is 1.74. The van der Waals surface area contributed by atoms with Gasteiger partial charge in [-0.1, -0.05) is 44.9 Å². The summed E-state index contributed by atoms with van der Waals surface area (Å²) in [6.45, 7) is 5.04. The molecule has 0 radical (unpaired) electrons. The Labute approximate surface area is 168 Å². The molecule has 150 valence electrons. The highest BCUT2D eigenvalue weighted by atomic mass is 16.2. The fraction of sp³-hybridized carbons (Fsp3) is 0.500. The minimum atomic E-state index is -0.223. The van der Waals surface area contributed by atoms with E-state index in [1.807, 2.05) is 41.0 Å². The van der Waals surface area contributed by atoms with E-state index in [1.54, 1.807) is 11.9 Å². The highest BCUT2D eigenvalue weighted by Crippen LogP contribution is 2.22. The standard InChI is InChI=1S/C24H32N2O2/c1-18(2)15-16-26-22-14-10-5-4-7-11-19(22)17-21(24(26)28)23(27)25(3)20-12-8-6-9-13-20/h6,8-9,12-13,17-18H,4-5,7,10-11,14-16H2,1-3H3. The Morgan fingerprint density at radius 2 is 1.75 bits per heavy atom. The van der Waals surface area contributed by atoms with Gasteiger partial charge in [0, 0.05) is 25.0 Å². The lowest BCUT2D eigenvalue weighted by Crippen LogP contribution is -2.36. The molecule has 1 heterocycles.